The Morgan fingerprint density at radius 1 is 1.09 bits per heavy atom. The molecule has 1 atom stereocenters. The largest absolute Gasteiger partial charge is 0.491 e. The molecule has 0 amide bonds. The van der Waals surface area contributed by atoms with E-state index < -0.39 is 6.10 Å². The molecule has 1 heterocycles. The molecule has 0 unspecified atom stereocenters. The number of aliphatic hydroxyl groups excluding tert-OH is 1. The molecule has 2 aromatic carbocycles. The number of para-hydroxylation sites is 3. The summed E-state index contributed by atoms with van der Waals surface area (Å²) in [4.78, 5) is 0. The Morgan fingerprint density at radius 3 is 2.48 bits per heavy atom. The molecule has 0 aliphatic heterocycles. The Bertz CT molecular complexity index is 879. The number of rotatable bonds is 5. The topological polar surface area (TPSA) is 63.2 Å². The summed E-state index contributed by atoms with van der Waals surface area (Å²) in [6.07, 6.45) is -0.686. The van der Waals surface area contributed by atoms with Crippen LogP contribution in [0, 0.1) is 12.3 Å². The van der Waals surface area contributed by atoms with Gasteiger partial charge in [-0.3, -0.25) is 5.41 Å². The molecule has 0 radical (unpaired) electrons. The SMILES string of the molecule is Cc1ccccc1OC[C@H](O)Cn1c(=N)n(C)c2ccccc21. The number of nitrogens with zero attached hydrogens (tertiary/aromatic N) is 2. The third kappa shape index (κ3) is 3.00. The molecular weight excluding hydrogens is 290 g/mol. The van der Waals surface area contributed by atoms with E-state index in [1.165, 1.54) is 0 Å². The fourth-order valence-electron chi connectivity index (χ4n) is 2.74. The first-order valence-electron chi connectivity index (χ1n) is 7.63. The van der Waals surface area contributed by atoms with Crippen LogP contribution in [0.4, 0.5) is 0 Å². The number of benzene rings is 2. The molecule has 120 valence electrons. The highest BCUT2D eigenvalue weighted by molar-refractivity contribution is 5.75. The summed E-state index contributed by atoms with van der Waals surface area (Å²) in [6, 6.07) is 15.6. The molecule has 3 aromatic rings. The van der Waals surface area contributed by atoms with E-state index in [0.717, 1.165) is 22.3 Å². The molecule has 0 aliphatic carbocycles. The van der Waals surface area contributed by atoms with E-state index in [4.69, 9.17) is 10.1 Å². The van der Waals surface area contributed by atoms with Gasteiger partial charge >= 0.3 is 0 Å². The van der Waals surface area contributed by atoms with Crippen molar-refractivity contribution in [1.82, 2.24) is 9.13 Å². The van der Waals surface area contributed by atoms with Gasteiger partial charge in [0.25, 0.3) is 0 Å². The van der Waals surface area contributed by atoms with Gasteiger partial charge in [-0.25, -0.2) is 0 Å². The second-order valence-electron chi connectivity index (χ2n) is 5.71. The summed E-state index contributed by atoms with van der Waals surface area (Å²) in [6.45, 7) is 2.50. The van der Waals surface area contributed by atoms with E-state index in [2.05, 4.69) is 0 Å². The van der Waals surface area contributed by atoms with Gasteiger partial charge in [0.1, 0.15) is 18.5 Å². The number of aliphatic hydroxyl groups is 1. The highest BCUT2D eigenvalue weighted by Gasteiger charge is 2.13. The predicted octanol–water partition coefficient (Wildman–Crippen LogP) is 2.21. The van der Waals surface area contributed by atoms with E-state index in [1.54, 1.807) is 4.57 Å². The first kappa shape index (κ1) is 15.4. The predicted molar refractivity (Wildman–Crippen MR) is 89.4 cm³/mol. The van der Waals surface area contributed by atoms with Gasteiger partial charge in [0, 0.05) is 7.05 Å². The first-order chi connectivity index (χ1) is 11.1. The highest BCUT2D eigenvalue weighted by atomic mass is 16.5. The Morgan fingerprint density at radius 2 is 1.74 bits per heavy atom. The molecular formula is C18H21N3O2. The van der Waals surface area contributed by atoms with Crippen LogP contribution in [0.1, 0.15) is 5.56 Å². The van der Waals surface area contributed by atoms with Crippen molar-refractivity contribution in [3.05, 3.63) is 59.7 Å². The average molecular weight is 311 g/mol. The molecule has 0 saturated carbocycles. The van der Waals surface area contributed by atoms with Crippen LogP contribution in [0.5, 0.6) is 5.75 Å². The Hall–Kier alpha value is -2.53. The van der Waals surface area contributed by atoms with Crippen molar-refractivity contribution in [3.8, 4) is 5.75 Å². The van der Waals surface area contributed by atoms with Crippen molar-refractivity contribution < 1.29 is 9.84 Å². The number of hydrogen-bond acceptors (Lipinski definition) is 3. The lowest BCUT2D eigenvalue weighted by Crippen LogP contribution is -2.30. The van der Waals surface area contributed by atoms with Crippen LogP contribution < -0.4 is 10.4 Å². The van der Waals surface area contributed by atoms with Crippen molar-refractivity contribution >= 4 is 11.0 Å². The fourth-order valence-corrected chi connectivity index (χ4v) is 2.74. The van der Waals surface area contributed by atoms with E-state index >= 15 is 0 Å². The number of fused-ring (bicyclic) bond motifs is 1. The van der Waals surface area contributed by atoms with Gasteiger partial charge < -0.3 is 19.0 Å². The van der Waals surface area contributed by atoms with Gasteiger partial charge in [-0.1, -0.05) is 30.3 Å². The van der Waals surface area contributed by atoms with Crippen molar-refractivity contribution in [2.75, 3.05) is 6.61 Å². The number of aryl methyl sites for hydroxylation is 2. The number of nitrogens with one attached hydrogen (secondary N) is 1. The zero-order valence-corrected chi connectivity index (χ0v) is 13.4. The van der Waals surface area contributed by atoms with Crippen LogP contribution in [-0.2, 0) is 13.6 Å². The normalized spacial score (nSPS) is 12.5. The van der Waals surface area contributed by atoms with Gasteiger partial charge in [-0.2, -0.15) is 0 Å². The van der Waals surface area contributed by atoms with Crippen LogP contribution in [-0.4, -0.2) is 27.0 Å². The average Bonchev–Trinajstić information content (AvgIpc) is 2.80. The summed E-state index contributed by atoms with van der Waals surface area (Å²) < 4.78 is 9.31. The molecule has 23 heavy (non-hydrogen) atoms. The molecule has 1 aromatic heterocycles. The summed E-state index contributed by atoms with van der Waals surface area (Å²) in [7, 11) is 1.86. The van der Waals surface area contributed by atoms with Crippen LogP contribution >= 0.6 is 0 Å². The summed E-state index contributed by atoms with van der Waals surface area (Å²) in [5.74, 6) is 0.778. The van der Waals surface area contributed by atoms with Crippen molar-refractivity contribution in [3.63, 3.8) is 0 Å². The minimum atomic E-state index is -0.686. The quantitative estimate of drug-likeness (QED) is 0.759. The van der Waals surface area contributed by atoms with Gasteiger partial charge in [-0.15, -0.1) is 0 Å². The smallest absolute Gasteiger partial charge is 0.202 e. The maximum atomic E-state index is 10.3. The van der Waals surface area contributed by atoms with E-state index in [1.807, 2.05) is 67.1 Å². The van der Waals surface area contributed by atoms with Crippen molar-refractivity contribution in [1.29, 1.82) is 5.41 Å². The molecule has 0 spiro atoms. The summed E-state index contributed by atoms with van der Waals surface area (Å²) >= 11 is 0. The Kier molecular flexibility index (Phi) is 4.21. The molecule has 5 heteroatoms. The minimum absolute atomic E-state index is 0.195. The van der Waals surface area contributed by atoms with E-state index in [0.29, 0.717) is 12.2 Å². The minimum Gasteiger partial charge on any atom is -0.491 e. The van der Waals surface area contributed by atoms with Gasteiger partial charge in [0.2, 0.25) is 5.62 Å². The first-order valence-corrected chi connectivity index (χ1v) is 7.63. The number of hydrogen-bond donors (Lipinski definition) is 2. The lowest BCUT2D eigenvalue weighted by Gasteiger charge is -2.14. The zero-order chi connectivity index (χ0) is 16.4. The fraction of sp³-hybridized carbons (Fsp3) is 0.278. The molecule has 0 bridgehead atoms. The van der Waals surface area contributed by atoms with Gasteiger partial charge in [0.05, 0.1) is 17.6 Å². The van der Waals surface area contributed by atoms with Crippen LogP contribution in [0.2, 0.25) is 0 Å². The third-order valence-electron chi connectivity index (χ3n) is 4.03. The second kappa shape index (κ2) is 6.30. The lowest BCUT2D eigenvalue weighted by atomic mass is 10.2. The Balaban J connectivity index is 1.76. The Labute approximate surface area is 134 Å². The summed E-state index contributed by atoms with van der Waals surface area (Å²) in [5.41, 5.74) is 3.32. The van der Waals surface area contributed by atoms with Crippen LogP contribution in [0.3, 0.4) is 0 Å². The molecule has 0 fully saturated rings. The lowest BCUT2D eigenvalue weighted by molar-refractivity contribution is 0.0918. The highest BCUT2D eigenvalue weighted by Crippen LogP contribution is 2.17. The maximum Gasteiger partial charge on any atom is 0.202 e. The molecule has 0 saturated heterocycles. The van der Waals surface area contributed by atoms with Crippen LogP contribution in [0.15, 0.2) is 48.5 Å². The van der Waals surface area contributed by atoms with Gasteiger partial charge in [0.15, 0.2) is 0 Å². The molecule has 0 aliphatic rings. The molecule has 2 N–H and O–H groups in total. The zero-order valence-electron chi connectivity index (χ0n) is 13.4. The summed E-state index contributed by atoms with van der Waals surface area (Å²) in [5, 5.41) is 18.5. The van der Waals surface area contributed by atoms with E-state index in [-0.39, 0.29) is 6.61 Å². The molecule has 3 rings (SSSR count). The monoisotopic (exact) mass is 311 g/mol. The van der Waals surface area contributed by atoms with E-state index in [9.17, 15) is 5.11 Å². The standard InChI is InChI=1S/C18H21N3O2/c1-13-7-3-6-10-17(13)23-12-14(22)11-21-16-9-5-4-8-15(16)20(2)18(21)19/h3-10,14,19,22H,11-12H2,1-2H3/t14-/m1/s1. The van der Waals surface area contributed by atoms with Crippen LogP contribution in [0.25, 0.3) is 11.0 Å². The maximum absolute atomic E-state index is 10.3. The van der Waals surface area contributed by atoms with Crippen molar-refractivity contribution in [2.24, 2.45) is 7.05 Å². The molecule has 5 nitrogen and oxygen atoms in total. The number of ether oxygens (including phenoxy) is 1. The third-order valence-corrected chi connectivity index (χ3v) is 4.03. The second-order valence-corrected chi connectivity index (χ2v) is 5.71. The number of imidazole rings is 1. The number of aromatic nitrogens is 2. The van der Waals surface area contributed by atoms with Gasteiger partial charge in [-0.05, 0) is 30.7 Å². The van der Waals surface area contributed by atoms with Crippen molar-refractivity contribution in [2.45, 2.75) is 19.6 Å².